The second-order valence-electron chi connectivity index (χ2n) is 6.12. The zero-order valence-electron chi connectivity index (χ0n) is 14.9. The van der Waals surface area contributed by atoms with E-state index in [9.17, 15) is 14.4 Å². The number of nitrogens with one attached hydrogen (secondary N) is 2. The minimum Gasteiger partial charge on any atom is -0.482 e. The molecule has 7 nitrogen and oxygen atoms in total. The number of carboxylic acids is 1. The van der Waals surface area contributed by atoms with E-state index in [0.717, 1.165) is 5.56 Å². The SMILES string of the molecule is CC(C)NC(=O)CCCC(=O)NC(C)c1ccc(OCC(=O)O)cc1. The molecule has 0 saturated carbocycles. The molecule has 0 saturated heterocycles. The molecule has 138 valence electrons. The van der Waals surface area contributed by atoms with Gasteiger partial charge < -0.3 is 20.5 Å². The molecule has 7 heteroatoms. The van der Waals surface area contributed by atoms with E-state index in [1.54, 1.807) is 24.3 Å². The van der Waals surface area contributed by atoms with Crippen LogP contribution < -0.4 is 15.4 Å². The first kappa shape index (κ1) is 20.5. The lowest BCUT2D eigenvalue weighted by Crippen LogP contribution is -2.30. The van der Waals surface area contributed by atoms with Crippen LogP contribution in [0, 0.1) is 0 Å². The number of carbonyl (C=O) groups is 3. The third-order valence-corrected chi connectivity index (χ3v) is 3.38. The van der Waals surface area contributed by atoms with E-state index >= 15 is 0 Å². The maximum atomic E-state index is 11.9. The van der Waals surface area contributed by atoms with Crippen LogP contribution in [0.4, 0.5) is 0 Å². The smallest absolute Gasteiger partial charge is 0.341 e. The van der Waals surface area contributed by atoms with Crippen LogP contribution in [0.3, 0.4) is 0 Å². The maximum Gasteiger partial charge on any atom is 0.341 e. The van der Waals surface area contributed by atoms with E-state index in [0.29, 0.717) is 18.6 Å². The Kier molecular flexibility index (Phi) is 8.46. The highest BCUT2D eigenvalue weighted by Crippen LogP contribution is 2.17. The summed E-state index contributed by atoms with van der Waals surface area (Å²) >= 11 is 0. The summed E-state index contributed by atoms with van der Waals surface area (Å²) < 4.78 is 5.06. The van der Waals surface area contributed by atoms with Gasteiger partial charge in [0.15, 0.2) is 6.61 Å². The predicted octanol–water partition coefficient (Wildman–Crippen LogP) is 2.02. The van der Waals surface area contributed by atoms with Crippen molar-refractivity contribution in [1.29, 1.82) is 0 Å². The summed E-state index contributed by atoms with van der Waals surface area (Å²) in [6.07, 6.45) is 1.12. The van der Waals surface area contributed by atoms with Gasteiger partial charge in [0.05, 0.1) is 6.04 Å². The van der Waals surface area contributed by atoms with Gasteiger partial charge >= 0.3 is 5.97 Å². The molecule has 0 bridgehead atoms. The molecule has 0 aromatic heterocycles. The van der Waals surface area contributed by atoms with Gasteiger partial charge in [-0.25, -0.2) is 4.79 Å². The molecule has 0 heterocycles. The van der Waals surface area contributed by atoms with E-state index < -0.39 is 12.6 Å². The molecule has 1 rings (SSSR count). The number of amides is 2. The van der Waals surface area contributed by atoms with Crippen LogP contribution in [0.25, 0.3) is 0 Å². The summed E-state index contributed by atoms with van der Waals surface area (Å²) in [6.45, 7) is 5.25. The summed E-state index contributed by atoms with van der Waals surface area (Å²) in [4.78, 5) is 33.9. The Hall–Kier alpha value is -2.57. The van der Waals surface area contributed by atoms with Crippen LogP contribution in [0.15, 0.2) is 24.3 Å². The van der Waals surface area contributed by atoms with Gasteiger partial charge in [-0.2, -0.15) is 0 Å². The van der Waals surface area contributed by atoms with Crippen molar-refractivity contribution in [3.63, 3.8) is 0 Å². The number of carboxylic acid groups (broad SMARTS) is 1. The quantitative estimate of drug-likeness (QED) is 0.599. The summed E-state index contributed by atoms with van der Waals surface area (Å²) in [7, 11) is 0. The number of aliphatic carboxylic acids is 1. The monoisotopic (exact) mass is 350 g/mol. The first-order chi connectivity index (χ1) is 11.8. The van der Waals surface area contributed by atoms with Gasteiger partial charge in [0, 0.05) is 18.9 Å². The summed E-state index contributed by atoms with van der Waals surface area (Å²) in [5.41, 5.74) is 0.883. The van der Waals surface area contributed by atoms with Gasteiger partial charge in [-0.15, -0.1) is 0 Å². The third-order valence-electron chi connectivity index (χ3n) is 3.38. The Morgan fingerprint density at radius 3 is 2.08 bits per heavy atom. The molecule has 0 aliphatic carbocycles. The van der Waals surface area contributed by atoms with Crippen LogP contribution in [-0.4, -0.2) is 35.5 Å². The van der Waals surface area contributed by atoms with Crippen molar-refractivity contribution in [3.8, 4) is 5.75 Å². The Labute approximate surface area is 147 Å². The van der Waals surface area contributed by atoms with Crippen molar-refractivity contribution in [2.24, 2.45) is 0 Å². The minimum atomic E-state index is -1.04. The molecule has 0 aliphatic heterocycles. The number of hydrogen-bond acceptors (Lipinski definition) is 4. The topological polar surface area (TPSA) is 105 Å². The number of benzene rings is 1. The first-order valence-corrected chi connectivity index (χ1v) is 8.31. The van der Waals surface area contributed by atoms with Crippen molar-refractivity contribution in [2.75, 3.05) is 6.61 Å². The molecule has 0 radical (unpaired) electrons. The second kappa shape index (κ2) is 10.3. The largest absolute Gasteiger partial charge is 0.482 e. The van der Waals surface area contributed by atoms with E-state index in [-0.39, 0.29) is 30.3 Å². The third kappa shape index (κ3) is 8.74. The predicted molar refractivity (Wildman–Crippen MR) is 93.3 cm³/mol. The Balaban J connectivity index is 2.37. The number of ether oxygens (including phenoxy) is 1. The Bertz CT molecular complexity index is 584. The van der Waals surface area contributed by atoms with Gasteiger partial charge in [-0.3, -0.25) is 9.59 Å². The van der Waals surface area contributed by atoms with Crippen LogP contribution in [0.5, 0.6) is 5.75 Å². The summed E-state index contributed by atoms with van der Waals surface area (Å²) in [6, 6.07) is 6.79. The summed E-state index contributed by atoms with van der Waals surface area (Å²) in [5, 5.41) is 14.2. The van der Waals surface area contributed by atoms with Crippen LogP contribution in [0.2, 0.25) is 0 Å². The lowest BCUT2D eigenvalue weighted by Gasteiger charge is -2.15. The van der Waals surface area contributed by atoms with Crippen molar-refractivity contribution in [2.45, 2.75) is 52.1 Å². The van der Waals surface area contributed by atoms with Crippen LogP contribution in [0.1, 0.15) is 51.6 Å². The van der Waals surface area contributed by atoms with Crippen molar-refractivity contribution in [3.05, 3.63) is 29.8 Å². The maximum absolute atomic E-state index is 11.9. The highest BCUT2D eigenvalue weighted by atomic mass is 16.5. The van der Waals surface area contributed by atoms with E-state index in [1.165, 1.54) is 0 Å². The van der Waals surface area contributed by atoms with E-state index in [2.05, 4.69) is 10.6 Å². The van der Waals surface area contributed by atoms with E-state index in [1.807, 2.05) is 20.8 Å². The van der Waals surface area contributed by atoms with Gasteiger partial charge in [0.1, 0.15) is 5.75 Å². The summed E-state index contributed by atoms with van der Waals surface area (Å²) in [5.74, 6) is -0.739. The molecule has 1 aromatic carbocycles. The molecular weight excluding hydrogens is 324 g/mol. The lowest BCUT2D eigenvalue weighted by molar-refractivity contribution is -0.139. The van der Waals surface area contributed by atoms with Gasteiger partial charge in [0.2, 0.25) is 11.8 Å². The molecule has 2 amide bonds. The molecule has 1 unspecified atom stereocenters. The van der Waals surface area contributed by atoms with Crippen LogP contribution >= 0.6 is 0 Å². The van der Waals surface area contributed by atoms with Gasteiger partial charge in [-0.05, 0) is 44.9 Å². The van der Waals surface area contributed by atoms with Gasteiger partial charge in [0.25, 0.3) is 0 Å². The molecular formula is C18H26N2O5. The lowest BCUT2D eigenvalue weighted by atomic mass is 10.1. The molecule has 1 aromatic rings. The second-order valence-corrected chi connectivity index (χ2v) is 6.12. The molecule has 3 N–H and O–H groups in total. The zero-order chi connectivity index (χ0) is 18.8. The van der Waals surface area contributed by atoms with Crippen molar-refractivity contribution < 1.29 is 24.2 Å². The number of hydrogen-bond donors (Lipinski definition) is 3. The van der Waals surface area contributed by atoms with Crippen LogP contribution in [-0.2, 0) is 14.4 Å². The average Bonchev–Trinajstić information content (AvgIpc) is 2.52. The molecule has 0 fully saturated rings. The van der Waals surface area contributed by atoms with Crippen molar-refractivity contribution in [1.82, 2.24) is 10.6 Å². The fourth-order valence-corrected chi connectivity index (χ4v) is 2.20. The van der Waals surface area contributed by atoms with Crippen molar-refractivity contribution >= 4 is 17.8 Å². The molecule has 1 atom stereocenters. The number of rotatable bonds is 10. The minimum absolute atomic E-state index is 0.0483. The molecule has 25 heavy (non-hydrogen) atoms. The molecule has 0 spiro atoms. The molecule has 0 aliphatic rings. The normalized spacial score (nSPS) is 11.7. The average molecular weight is 350 g/mol. The zero-order valence-corrected chi connectivity index (χ0v) is 14.9. The number of carbonyl (C=O) groups excluding carboxylic acids is 2. The highest BCUT2D eigenvalue weighted by molar-refractivity contribution is 5.79. The fraction of sp³-hybridized carbons (Fsp3) is 0.500. The Morgan fingerprint density at radius 2 is 1.56 bits per heavy atom. The fourth-order valence-electron chi connectivity index (χ4n) is 2.20. The highest BCUT2D eigenvalue weighted by Gasteiger charge is 2.11. The standard InChI is InChI=1S/C18H26N2O5/c1-12(2)19-16(21)5-4-6-17(22)20-13(3)14-7-9-15(10-8-14)25-11-18(23)24/h7-10,12-13H,4-6,11H2,1-3H3,(H,19,21)(H,20,22)(H,23,24). The van der Waals surface area contributed by atoms with E-state index in [4.69, 9.17) is 9.84 Å². The van der Waals surface area contributed by atoms with Gasteiger partial charge in [-0.1, -0.05) is 12.1 Å². The first-order valence-electron chi connectivity index (χ1n) is 8.31. The Morgan fingerprint density at radius 1 is 1.00 bits per heavy atom.